The number of rotatable bonds is 6. The van der Waals surface area contributed by atoms with Crippen LogP contribution < -0.4 is 0 Å². The van der Waals surface area contributed by atoms with Crippen molar-refractivity contribution >= 4 is 19.9 Å². The molecule has 0 saturated carbocycles. The Morgan fingerprint density at radius 2 is 2.22 bits per heavy atom. The molecule has 0 spiro atoms. The predicted molar refractivity (Wildman–Crippen MR) is 87.9 cm³/mol. The molecule has 2 rings (SSSR count). The summed E-state index contributed by atoms with van der Waals surface area (Å²) in [4.78, 5) is 0. The number of hydrogen-bond acceptors (Lipinski definition) is 5. The van der Waals surface area contributed by atoms with Crippen molar-refractivity contribution in [1.29, 1.82) is 0 Å². The van der Waals surface area contributed by atoms with Gasteiger partial charge in [0.25, 0.3) is 0 Å². The number of aromatic nitrogens is 2. The van der Waals surface area contributed by atoms with Crippen molar-refractivity contribution in [3.05, 3.63) is 18.0 Å². The summed E-state index contributed by atoms with van der Waals surface area (Å²) in [6.45, 7) is 2.51. The van der Waals surface area contributed by atoms with Crippen LogP contribution in [0.15, 0.2) is 12.4 Å². The number of unbranched alkanes of at least 4 members (excludes halogenated alkanes) is 1. The van der Waals surface area contributed by atoms with Gasteiger partial charge in [-0.15, -0.1) is 12.3 Å². The lowest BCUT2D eigenvalue weighted by atomic mass is 10.2. The summed E-state index contributed by atoms with van der Waals surface area (Å²) in [5.74, 6) is 1.98. The van der Waals surface area contributed by atoms with E-state index in [1.807, 2.05) is 6.92 Å². The van der Waals surface area contributed by atoms with Gasteiger partial charge in [0.15, 0.2) is 9.84 Å². The van der Waals surface area contributed by atoms with Crippen LogP contribution in [0.1, 0.15) is 31.4 Å². The molecule has 7 nitrogen and oxygen atoms in total. The molecule has 0 radical (unpaired) electrons. The number of aryl methyl sites for hydroxylation is 1. The summed E-state index contributed by atoms with van der Waals surface area (Å²) >= 11 is 0. The Bertz CT molecular complexity index is 790. The van der Waals surface area contributed by atoms with Crippen LogP contribution in [0.5, 0.6) is 0 Å². The van der Waals surface area contributed by atoms with Crippen LogP contribution in [0.2, 0.25) is 0 Å². The van der Waals surface area contributed by atoms with E-state index in [4.69, 9.17) is 6.42 Å². The van der Waals surface area contributed by atoms with E-state index in [2.05, 4.69) is 11.0 Å². The van der Waals surface area contributed by atoms with E-state index in [-0.39, 0.29) is 23.8 Å². The number of nitrogens with zero attached hydrogens (tertiary/aromatic N) is 3. The summed E-state index contributed by atoms with van der Waals surface area (Å²) in [6, 6.07) is -0.718. The van der Waals surface area contributed by atoms with Crippen molar-refractivity contribution in [2.45, 2.75) is 32.4 Å². The van der Waals surface area contributed by atoms with Gasteiger partial charge in [-0.2, -0.15) is 9.40 Å². The number of sulfone groups is 1. The third-order valence-electron chi connectivity index (χ3n) is 3.82. The maximum atomic E-state index is 12.6. The summed E-state index contributed by atoms with van der Waals surface area (Å²) in [5, 5.41) is 4.12. The molecule has 128 valence electrons. The van der Waals surface area contributed by atoms with E-state index >= 15 is 0 Å². The first-order valence-electron chi connectivity index (χ1n) is 7.45. The molecule has 1 aliphatic heterocycles. The minimum Gasteiger partial charge on any atom is -0.273 e. The Hall–Kier alpha value is -1.37. The Kier molecular flexibility index (Phi) is 5.49. The van der Waals surface area contributed by atoms with Crippen LogP contribution in [0.3, 0.4) is 0 Å². The quantitative estimate of drug-likeness (QED) is 0.542. The molecule has 0 aromatic carbocycles. The summed E-state index contributed by atoms with van der Waals surface area (Å²) in [5.41, 5.74) is 0.607. The average Bonchev–Trinajstić information content (AvgIpc) is 2.95. The monoisotopic (exact) mass is 359 g/mol. The molecule has 0 bridgehead atoms. The SMILES string of the molecule is C#CCCCS(=O)(=O)N1CCS(=O)(=O)CC1c1cnn(CC)c1. The van der Waals surface area contributed by atoms with Crippen molar-refractivity contribution in [2.24, 2.45) is 0 Å². The maximum Gasteiger partial charge on any atom is 0.214 e. The van der Waals surface area contributed by atoms with Crippen LogP contribution >= 0.6 is 0 Å². The molecule has 23 heavy (non-hydrogen) atoms. The second-order valence-electron chi connectivity index (χ2n) is 5.49. The van der Waals surface area contributed by atoms with Crippen LogP contribution in [-0.2, 0) is 26.4 Å². The first-order chi connectivity index (χ1) is 10.8. The van der Waals surface area contributed by atoms with Crippen molar-refractivity contribution in [1.82, 2.24) is 14.1 Å². The highest BCUT2D eigenvalue weighted by molar-refractivity contribution is 7.92. The zero-order valence-electron chi connectivity index (χ0n) is 13.1. The molecule has 1 saturated heterocycles. The highest BCUT2D eigenvalue weighted by Gasteiger charge is 2.39. The molecule has 1 aliphatic rings. The van der Waals surface area contributed by atoms with Gasteiger partial charge in [-0.1, -0.05) is 0 Å². The minimum absolute atomic E-state index is 0.0251. The Labute approximate surface area is 137 Å². The molecule has 0 amide bonds. The predicted octanol–water partition coefficient (Wildman–Crippen LogP) is 0.418. The highest BCUT2D eigenvalue weighted by atomic mass is 32.2. The van der Waals surface area contributed by atoms with Crippen molar-refractivity contribution in [3.8, 4) is 12.3 Å². The van der Waals surface area contributed by atoms with Gasteiger partial charge in [-0.25, -0.2) is 16.8 Å². The molecule has 9 heteroatoms. The second kappa shape index (κ2) is 7.03. The standard InChI is InChI=1S/C14H21N3O4S2/c1-3-5-6-8-23(20,21)17-7-9-22(18,19)12-14(17)13-10-15-16(4-2)11-13/h1,10-11,14H,4-9,12H2,2H3. The normalized spacial score (nSPS) is 21.8. The van der Waals surface area contributed by atoms with Crippen LogP contribution in [0.25, 0.3) is 0 Å². The fourth-order valence-electron chi connectivity index (χ4n) is 2.59. The smallest absolute Gasteiger partial charge is 0.214 e. The van der Waals surface area contributed by atoms with E-state index in [0.29, 0.717) is 24.9 Å². The van der Waals surface area contributed by atoms with E-state index in [9.17, 15) is 16.8 Å². The molecule has 1 atom stereocenters. The van der Waals surface area contributed by atoms with Crippen molar-refractivity contribution in [3.63, 3.8) is 0 Å². The van der Waals surface area contributed by atoms with E-state index < -0.39 is 25.9 Å². The van der Waals surface area contributed by atoms with Gasteiger partial charge in [0, 0.05) is 31.3 Å². The second-order valence-corrected chi connectivity index (χ2v) is 9.76. The van der Waals surface area contributed by atoms with Crippen molar-refractivity contribution < 1.29 is 16.8 Å². The number of hydrogen-bond donors (Lipinski definition) is 0. The van der Waals surface area contributed by atoms with Gasteiger partial charge in [-0.05, 0) is 13.3 Å². The maximum absolute atomic E-state index is 12.6. The first-order valence-corrected chi connectivity index (χ1v) is 10.9. The molecule has 0 N–H and O–H groups in total. The van der Waals surface area contributed by atoms with Crippen molar-refractivity contribution in [2.75, 3.05) is 23.8 Å². The fourth-order valence-corrected chi connectivity index (χ4v) is 5.99. The molecule has 1 unspecified atom stereocenters. The fraction of sp³-hybridized carbons (Fsp3) is 0.643. The summed E-state index contributed by atoms with van der Waals surface area (Å²) in [7, 11) is -6.84. The van der Waals surface area contributed by atoms with Crippen LogP contribution in [0.4, 0.5) is 0 Å². The van der Waals surface area contributed by atoms with Crippen LogP contribution in [0, 0.1) is 12.3 Å². The van der Waals surface area contributed by atoms with Gasteiger partial charge in [-0.3, -0.25) is 4.68 Å². The summed E-state index contributed by atoms with van der Waals surface area (Å²) in [6.07, 6.45) is 9.15. The van der Waals surface area contributed by atoms with E-state index in [1.54, 1.807) is 17.1 Å². The molecular formula is C14H21N3O4S2. The summed E-state index contributed by atoms with van der Waals surface area (Å²) < 4.78 is 52.0. The van der Waals surface area contributed by atoms with E-state index in [1.165, 1.54) is 4.31 Å². The number of sulfonamides is 1. The minimum atomic E-state index is -3.56. The van der Waals surface area contributed by atoms with Gasteiger partial charge < -0.3 is 0 Å². The van der Waals surface area contributed by atoms with E-state index in [0.717, 1.165) is 0 Å². The van der Waals surface area contributed by atoms with Gasteiger partial charge in [0.2, 0.25) is 10.0 Å². The third-order valence-corrected chi connectivity index (χ3v) is 7.41. The lowest BCUT2D eigenvalue weighted by Crippen LogP contribution is -2.46. The zero-order chi connectivity index (χ0) is 17.1. The zero-order valence-corrected chi connectivity index (χ0v) is 14.7. The first kappa shape index (κ1) is 18.0. The molecule has 2 heterocycles. The molecule has 1 fully saturated rings. The van der Waals surface area contributed by atoms with Gasteiger partial charge in [0.05, 0.1) is 29.5 Å². The molecule has 1 aromatic heterocycles. The largest absolute Gasteiger partial charge is 0.273 e. The lowest BCUT2D eigenvalue weighted by Gasteiger charge is -2.33. The van der Waals surface area contributed by atoms with Crippen LogP contribution in [-0.4, -0.2) is 54.7 Å². The number of terminal acetylenes is 1. The molecular weight excluding hydrogens is 338 g/mol. The Balaban J connectivity index is 2.30. The Morgan fingerprint density at radius 3 is 2.83 bits per heavy atom. The van der Waals surface area contributed by atoms with Gasteiger partial charge >= 0.3 is 0 Å². The third kappa shape index (κ3) is 4.34. The topological polar surface area (TPSA) is 89.3 Å². The van der Waals surface area contributed by atoms with Gasteiger partial charge in [0.1, 0.15) is 0 Å². The highest BCUT2D eigenvalue weighted by Crippen LogP contribution is 2.29. The Morgan fingerprint density at radius 1 is 1.48 bits per heavy atom. The molecule has 0 aliphatic carbocycles. The molecule has 1 aromatic rings. The average molecular weight is 359 g/mol. The lowest BCUT2D eigenvalue weighted by molar-refractivity contribution is 0.344.